The van der Waals surface area contributed by atoms with Gasteiger partial charge in [-0.05, 0) is 48.7 Å². The van der Waals surface area contributed by atoms with Crippen molar-refractivity contribution >= 4 is 21.8 Å². The minimum absolute atomic E-state index is 0.0797. The summed E-state index contributed by atoms with van der Waals surface area (Å²) in [4.78, 5) is 0.195. The average molecular weight is 482 g/mol. The van der Waals surface area contributed by atoms with Crippen LogP contribution in [0.4, 0.5) is 8.78 Å². The smallest absolute Gasteiger partial charge is 0.387 e. The number of nitrogens with zero attached hydrogens (tertiary/aromatic N) is 3. The van der Waals surface area contributed by atoms with Crippen molar-refractivity contribution in [2.75, 3.05) is 13.1 Å². The Hall–Kier alpha value is -2.50. The Balaban J connectivity index is 1.45. The van der Waals surface area contributed by atoms with Crippen molar-refractivity contribution in [3.8, 4) is 17.2 Å². The second kappa shape index (κ2) is 9.97. The number of benzene rings is 2. The first-order chi connectivity index (χ1) is 15.4. The van der Waals surface area contributed by atoms with E-state index in [4.69, 9.17) is 4.42 Å². The number of piperidine rings is 1. The third-order valence-electron chi connectivity index (χ3n) is 4.93. The molecule has 0 amide bonds. The van der Waals surface area contributed by atoms with E-state index in [0.717, 1.165) is 24.8 Å². The van der Waals surface area contributed by atoms with Gasteiger partial charge in [0.1, 0.15) is 5.75 Å². The van der Waals surface area contributed by atoms with E-state index in [1.165, 1.54) is 34.3 Å². The molecule has 0 radical (unpaired) electrons. The summed E-state index contributed by atoms with van der Waals surface area (Å²) in [7, 11) is -3.57. The van der Waals surface area contributed by atoms with Gasteiger partial charge in [-0.15, -0.1) is 10.2 Å². The lowest BCUT2D eigenvalue weighted by atomic mass is 10.2. The monoisotopic (exact) mass is 481 g/mol. The molecule has 2 aromatic carbocycles. The summed E-state index contributed by atoms with van der Waals surface area (Å²) >= 11 is 1.24. The lowest BCUT2D eigenvalue weighted by molar-refractivity contribution is -0.0498. The summed E-state index contributed by atoms with van der Waals surface area (Å²) in [6, 6.07) is 12.8. The summed E-state index contributed by atoms with van der Waals surface area (Å²) in [5, 5.41) is 8.30. The lowest BCUT2D eigenvalue weighted by Crippen LogP contribution is -2.35. The van der Waals surface area contributed by atoms with Crippen molar-refractivity contribution in [2.45, 2.75) is 41.7 Å². The van der Waals surface area contributed by atoms with Crippen molar-refractivity contribution in [3.63, 3.8) is 0 Å². The van der Waals surface area contributed by atoms with Crippen LogP contribution in [0.25, 0.3) is 11.5 Å². The molecular weight excluding hydrogens is 460 g/mol. The molecule has 0 unspecified atom stereocenters. The summed E-state index contributed by atoms with van der Waals surface area (Å²) in [5.74, 6) is 0.694. The quantitative estimate of drug-likeness (QED) is 0.427. The molecule has 7 nitrogen and oxygen atoms in total. The summed E-state index contributed by atoms with van der Waals surface area (Å²) < 4.78 is 62.2. The highest BCUT2D eigenvalue weighted by Crippen LogP contribution is 2.29. The molecule has 0 saturated carbocycles. The second-order valence-electron chi connectivity index (χ2n) is 7.18. The van der Waals surface area contributed by atoms with E-state index in [-0.39, 0.29) is 21.8 Å². The first-order valence-corrected chi connectivity index (χ1v) is 12.4. The van der Waals surface area contributed by atoms with Crippen LogP contribution in [-0.2, 0) is 15.8 Å². The number of hydrogen-bond donors (Lipinski definition) is 0. The molecule has 3 aromatic rings. The molecule has 11 heteroatoms. The standard InChI is InChI=1S/C21H21F2N3O4S2/c22-20(23)29-17-8-4-6-15(12-17)14-31-21-25-24-19(30-21)16-7-5-9-18(13-16)32(27,28)26-10-2-1-3-11-26/h4-9,12-13,20H,1-3,10-11,14H2. The van der Waals surface area contributed by atoms with E-state index >= 15 is 0 Å². The van der Waals surface area contributed by atoms with E-state index in [9.17, 15) is 17.2 Å². The van der Waals surface area contributed by atoms with Crippen LogP contribution in [0.5, 0.6) is 5.75 Å². The molecule has 4 rings (SSSR count). The fraction of sp³-hybridized carbons (Fsp3) is 0.333. The predicted molar refractivity (Wildman–Crippen MR) is 115 cm³/mol. The second-order valence-corrected chi connectivity index (χ2v) is 10.0. The molecule has 0 atom stereocenters. The number of ether oxygens (including phenoxy) is 1. The first-order valence-electron chi connectivity index (χ1n) is 10.0. The number of thioether (sulfide) groups is 1. The summed E-state index contributed by atoms with van der Waals surface area (Å²) in [6.07, 6.45) is 2.76. The Labute approximate surface area is 188 Å². The summed E-state index contributed by atoms with van der Waals surface area (Å²) in [6.45, 7) is -1.83. The zero-order chi connectivity index (χ0) is 22.6. The molecule has 0 bridgehead atoms. The van der Waals surface area contributed by atoms with Crippen molar-refractivity contribution in [2.24, 2.45) is 0 Å². The Morgan fingerprint density at radius 3 is 2.62 bits per heavy atom. The third-order valence-corrected chi connectivity index (χ3v) is 7.71. The van der Waals surface area contributed by atoms with E-state index < -0.39 is 16.6 Å². The molecule has 1 aliphatic rings. The topological polar surface area (TPSA) is 85.5 Å². The van der Waals surface area contributed by atoms with Gasteiger partial charge in [-0.25, -0.2) is 8.42 Å². The van der Waals surface area contributed by atoms with Crippen LogP contribution in [0, 0.1) is 0 Å². The molecule has 1 fully saturated rings. The minimum atomic E-state index is -3.57. The normalized spacial score (nSPS) is 15.2. The molecule has 0 spiro atoms. The van der Waals surface area contributed by atoms with Gasteiger partial charge in [-0.2, -0.15) is 13.1 Å². The van der Waals surface area contributed by atoms with Crippen LogP contribution >= 0.6 is 11.8 Å². The van der Waals surface area contributed by atoms with Gasteiger partial charge < -0.3 is 9.15 Å². The van der Waals surface area contributed by atoms with Gasteiger partial charge >= 0.3 is 6.61 Å². The maximum absolute atomic E-state index is 12.9. The van der Waals surface area contributed by atoms with Gasteiger partial charge in [0.2, 0.25) is 15.9 Å². The number of hydrogen-bond acceptors (Lipinski definition) is 7. The maximum atomic E-state index is 12.9. The Morgan fingerprint density at radius 2 is 1.84 bits per heavy atom. The number of halogens is 2. The van der Waals surface area contributed by atoms with Gasteiger partial charge in [0.25, 0.3) is 5.22 Å². The average Bonchev–Trinajstić information content (AvgIpc) is 3.27. The molecular formula is C21H21F2N3O4S2. The van der Waals surface area contributed by atoms with Gasteiger partial charge in [0.05, 0.1) is 4.90 Å². The molecule has 1 aliphatic heterocycles. The fourth-order valence-corrected chi connectivity index (χ4v) is 5.65. The van der Waals surface area contributed by atoms with Crippen molar-refractivity contribution in [3.05, 3.63) is 54.1 Å². The van der Waals surface area contributed by atoms with E-state index in [1.54, 1.807) is 30.3 Å². The molecule has 1 aromatic heterocycles. The molecule has 0 aliphatic carbocycles. The maximum Gasteiger partial charge on any atom is 0.387 e. The zero-order valence-electron chi connectivity index (χ0n) is 17.0. The van der Waals surface area contributed by atoms with E-state index in [1.807, 2.05) is 0 Å². The highest BCUT2D eigenvalue weighted by molar-refractivity contribution is 7.98. The molecule has 32 heavy (non-hydrogen) atoms. The highest BCUT2D eigenvalue weighted by atomic mass is 32.2. The predicted octanol–water partition coefficient (Wildman–Crippen LogP) is 4.80. The van der Waals surface area contributed by atoms with Crippen molar-refractivity contribution in [1.29, 1.82) is 0 Å². The Bertz CT molecular complexity index is 1170. The fourth-order valence-electron chi connectivity index (χ4n) is 3.39. The van der Waals surface area contributed by atoms with Crippen molar-refractivity contribution in [1.82, 2.24) is 14.5 Å². The summed E-state index contributed by atoms with van der Waals surface area (Å²) in [5.41, 5.74) is 1.26. The molecule has 2 heterocycles. The zero-order valence-corrected chi connectivity index (χ0v) is 18.6. The van der Waals surface area contributed by atoms with Gasteiger partial charge in [0.15, 0.2) is 0 Å². The van der Waals surface area contributed by atoms with Crippen LogP contribution in [0.2, 0.25) is 0 Å². The van der Waals surface area contributed by atoms with Gasteiger partial charge in [-0.3, -0.25) is 0 Å². The molecule has 1 saturated heterocycles. The number of aromatic nitrogens is 2. The highest BCUT2D eigenvalue weighted by Gasteiger charge is 2.26. The molecule has 170 valence electrons. The lowest BCUT2D eigenvalue weighted by Gasteiger charge is -2.25. The van der Waals surface area contributed by atoms with Crippen LogP contribution in [-0.4, -0.2) is 42.6 Å². The number of rotatable bonds is 8. The first kappa shape index (κ1) is 22.7. The third kappa shape index (κ3) is 5.45. The Morgan fingerprint density at radius 1 is 1.06 bits per heavy atom. The molecule has 0 N–H and O–H groups in total. The van der Waals surface area contributed by atoms with Crippen molar-refractivity contribution < 1.29 is 26.4 Å². The van der Waals surface area contributed by atoms with Crippen LogP contribution < -0.4 is 4.74 Å². The number of sulfonamides is 1. The van der Waals surface area contributed by atoms with E-state index in [0.29, 0.717) is 24.4 Å². The minimum Gasteiger partial charge on any atom is -0.435 e. The SMILES string of the molecule is O=S(=O)(c1cccc(-c2nnc(SCc3cccc(OC(F)F)c3)o2)c1)N1CCCCC1. The van der Waals surface area contributed by atoms with Crippen LogP contribution in [0.15, 0.2) is 63.1 Å². The number of alkyl halides is 2. The van der Waals surface area contributed by atoms with Gasteiger partial charge in [0, 0.05) is 24.4 Å². The van der Waals surface area contributed by atoms with E-state index in [2.05, 4.69) is 14.9 Å². The Kier molecular flexibility index (Phi) is 7.07. The van der Waals surface area contributed by atoms with Crippen LogP contribution in [0.1, 0.15) is 24.8 Å². The van der Waals surface area contributed by atoms with Gasteiger partial charge in [-0.1, -0.05) is 36.4 Å². The van der Waals surface area contributed by atoms with Crippen LogP contribution in [0.3, 0.4) is 0 Å². The largest absolute Gasteiger partial charge is 0.435 e.